The standard InChI is InChI=1S/C23H29N4O8PS/c1-5-23(19(29)18(28)20(34-23)27-12-11-17(24)25-22(27)37)13-32-36(31,35-16-9-7-6-8-10-16)26-15(4)21(30)33-14(2)3/h1,6-12,14-15,18-20,28-29H,13H2,2-4H3,(H,26,31)(H2,24,25,37)/t15-,18-,19?,20+,23+,36?/m0/s1. The molecule has 0 amide bonds. The number of benzene rings is 1. The first-order valence-electron chi connectivity index (χ1n) is 11.2. The van der Waals surface area contributed by atoms with Gasteiger partial charge in [-0.3, -0.25) is 13.9 Å². The summed E-state index contributed by atoms with van der Waals surface area (Å²) < 4.78 is 37.2. The van der Waals surface area contributed by atoms with Crippen LogP contribution in [0.5, 0.6) is 5.75 Å². The highest BCUT2D eigenvalue weighted by atomic mass is 32.1. The molecule has 37 heavy (non-hydrogen) atoms. The third kappa shape index (κ3) is 6.74. The smallest absolute Gasteiger partial charge is 0.459 e. The molecule has 0 spiro atoms. The van der Waals surface area contributed by atoms with Crippen LogP contribution in [0.2, 0.25) is 0 Å². The summed E-state index contributed by atoms with van der Waals surface area (Å²) >= 11 is 5.18. The van der Waals surface area contributed by atoms with Crippen molar-refractivity contribution in [2.45, 2.75) is 57.0 Å². The minimum Gasteiger partial charge on any atom is -0.462 e. The summed E-state index contributed by atoms with van der Waals surface area (Å²) in [4.78, 5) is 16.3. The first kappa shape index (κ1) is 28.7. The molecule has 5 N–H and O–H groups in total. The molecule has 0 aliphatic carbocycles. The number of ether oxygens (including phenoxy) is 2. The summed E-state index contributed by atoms with van der Waals surface area (Å²) in [6.07, 6.45) is 2.21. The van der Waals surface area contributed by atoms with Crippen LogP contribution in [0.1, 0.15) is 27.0 Å². The largest absolute Gasteiger partial charge is 0.462 e. The van der Waals surface area contributed by atoms with Crippen molar-refractivity contribution in [2.24, 2.45) is 0 Å². The van der Waals surface area contributed by atoms with Crippen LogP contribution in [0.3, 0.4) is 0 Å². The molecule has 0 saturated carbocycles. The van der Waals surface area contributed by atoms with Gasteiger partial charge in [0.15, 0.2) is 11.8 Å². The fourth-order valence-corrected chi connectivity index (χ4v) is 5.21. The Labute approximate surface area is 219 Å². The fourth-order valence-electron chi connectivity index (χ4n) is 3.42. The number of esters is 1. The van der Waals surface area contributed by atoms with Gasteiger partial charge in [-0.1, -0.05) is 24.1 Å². The summed E-state index contributed by atoms with van der Waals surface area (Å²) in [5.74, 6) is 1.90. The second kappa shape index (κ2) is 11.7. The molecule has 1 aromatic carbocycles. The lowest BCUT2D eigenvalue weighted by Crippen LogP contribution is -2.46. The number of nitrogens with one attached hydrogen (secondary N) is 1. The van der Waals surface area contributed by atoms with E-state index in [4.69, 9.17) is 42.9 Å². The molecule has 1 fully saturated rings. The molecular weight excluding hydrogens is 523 g/mol. The number of aliphatic hydroxyl groups is 2. The number of anilines is 1. The van der Waals surface area contributed by atoms with Crippen molar-refractivity contribution >= 4 is 31.8 Å². The van der Waals surface area contributed by atoms with Gasteiger partial charge in [0.2, 0.25) is 4.77 Å². The van der Waals surface area contributed by atoms with Gasteiger partial charge in [-0.15, -0.1) is 6.42 Å². The highest BCUT2D eigenvalue weighted by molar-refractivity contribution is 7.71. The number of carbonyl (C=O) groups excluding carboxylic acids is 1. The molecule has 14 heteroatoms. The molecule has 200 valence electrons. The topological polar surface area (TPSA) is 167 Å². The van der Waals surface area contributed by atoms with Crippen LogP contribution in [0.15, 0.2) is 42.6 Å². The Morgan fingerprint density at radius 3 is 2.62 bits per heavy atom. The second-order valence-corrected chi connectivity index (χ2v) is 10.6. The van der Waals surface area contributed by atoms with Gasteiger partial charge in [0, 0.05) is 6.20 Å². The van der Waals surface area contributed by atoms with Crippen LogP contribution in [0.4, 0.5) is 5.82 Å². The summed E-state index contributed by atoms with van der Waals surface area (Å²) in [6, 6.07) is 8.40. The Kier molecular flexibility index (Phi) is 9.09. The van der Waals surface area contributed by atoms with Crippen LogP contribution < -0.4 is 15.3 Å². The number of rotatable bonds is 10. The van der Waals surface area contributed by atoms with E-state index >= 15 is 0 Å². The zero-order valence-electron chi connectivity index (χ0n) is 20.4. The maximum absolute atomic E-state index is 13.8. The van der Waals surface area contributed by atoms with E-state index in [1.165, 1.54) is 35.9 Å². The van der Waals surface area contributed by atoms with E-state index < -0.39 is 56.5 Å². The molecule has 3 rings (SSSR count). The van der Waals surface area contributed by atoms with Crippen molar-refractivity contribution in [3.8, 4) is 18.1 Å². The quantitative estimate of drug-likeness (QED) is 0.147. The van der Waals surface area contributed by atoms with Crippen LogP contribution in [-0.4, -0.2) is 62.3 Å². The fraction of sp³-hybridized carbons (Fsp3) is 0.435. The maximum Gasteiger partial charge on any atom is 0.459 e. The normalized spacial score (nSPS) is 25.7. The van der Waals surface area contributed by atoms with Gasteiger partial charge >= 0.3 is 13.7 Å². The van der Waals surface area contributed by atoms with E-state index in [0.29, 0.717) is 0 Å². The van der Waals surface area contributed by atoms with E-state index in [0.717, 1.165) is 0 Å². The first-order valence-corrected chi connectivity index (χ1v) is 13.2. The molecule has 2 unspecified atom stereocenters. The third-order valence-corrected chi connectivity index (χ3v) is 7.20. The van der Waals surface area contributed by atoms with Crippen molar-refractivity contribution in [2.75, 3.05) is 12.3 Å². The van der Waals surface area contributed by atoms with Gasteiger partial charge in [-0.05, 0) is 51.2 Å². The Hall–Kier alpha value is -2.82. The van der Waals surface area contributed by atoms with E-state index in [9.17, 15) is 19.6 Å². The number of hydrogen-bond acceptors (Lipinski definition) is 11. The summed E-state index contributed by atoms with van der Waals surface area (Å²) in [7, 11) is -4.33. The molecule has 0 radical (unpaired) electrons. The molecular formula is C23H29N4O8PS. The minimum atomic E-state index is -4.33. The predicted octanol–water partition coefficient (Wildman–Crippen LogP) is 1.95. The molecule has 2 heterocycles. The van der Waals surface area contributed by atoms with E-state index in [-0.39, 0.29) is 16.3 Å². The van der Waals surface area contributed by atoms with Crippen molar-refractivity contribution < 1.29 is 38.1 Å². The molecule has 1 saturated heterocycles. The SMILES string of the molecule is C#C[C@]1(COP(=O)(N[C@@H](C)C(=O)OC(C)C)Oc2ccccc2)O[C@@H](n2ccc(N)nc2=S)[C@@H](O)C1O. The summed E-state index contributed by atoms with van der Waals surface area (Å²) in [5.41, 5.74) is 3.66. The number of aliphatic hydroxyl groups excluding tert-OH is 2. The van der Waals surface area contributed by atoms with Crippen molar-refractivity contribution in [3.05, 3.63) is 47.4 Å². The highest BCUT2D eigenvalue weighted by Gasteiger charge is 2.55. The molecule has 1 aliphatic heterocycles. The summed E-state index contributed by atoms with van der Waals surface area (Å²) in [5, 5.41) is 24.1. The lowest BCUT2D eigenvalue weighted by Gasteiger charge is -2.29. The molecule has 2 aromatic rings. The minimum absolute atomic E-state index is 0.0257. The van der Waals surface area contributed by atoms with Crippen LogP contribution in [0, 0.1) is 17.1 Å². The summed E-state index contributed by atoms with van der Waals surface area (Å²) in [6.45, 7) is 4.06. The Bertz CT molecular complexity index is 1250. The van der Waals surface area contributed by atoms with Gasteiger partial charge in [-0.25, -0.2) is 9.55 Å². The van der Waals surface area contributed by atoms with Crippen molar-refractivity contribution in [3.63, 3.8) is 0 Å². The van der Waals surface area contributed by atoms with Crippen molar-refractivity contribution in [1.82, 2.24) is 14.6 Å². The Balaban J connectivity index is 1.86. The van der Waals surface area contributed by atoms with Gasteiger partial charge in [0.1, 0.15) is 36.4 Å². The van der Waals surface area contributed by atoms with Gasteiger partial charge < -0.3 is 29.9 Å². The van der Waals surface area contributed by atoms with E-state index in [2.05, 4.69) is 16.0 Å². The first-order chi connectivity index (χ1) is 17.4. The maximum atomic E-state index is 13.8. The monoisotopic (exact) mass is 552 g/mol. The number of carbonyl (C=O) groups is 1. The number of nitrogens with two attached hydrogens (primary N) is 1. The Morgan fingerprint density at radius 1 is 1.35 bits per heavy atom. The van der Waals surface area contributed by atoms with Crippen LogP contribution in [0.25, 0.3) is 0 Å². The number of terminal acetylenes is 1. The highest BCUT2D eigenvalue weighted by Crippen LogP contribution is 2.47. The van der Waals surface area contributed by atoms with Crippen LogP contribution in [-0.2, 0) is 23.4 Å². The number of nitrogens with zero attached hydrogens (tertiary/aromatic N) is 2. The van der Waals surface area contributed by atoms with E-state index in [1.54, 1.807) is 32.0 Å². The molecule has 6 atom stereocenters. The third-order valence-electron chi connectivity index (χ3n) is 5.27. The number of aromatic nitrogens is 2. The van der Waals surface area contributed by atoms with Gasteiger partial charge in [0.25, 0.3) is 0 Å². The molecule has 1 aromatic heterocycles. The second-order valence-electron chi connectivity index (χ2n) is 8.53. The lowest BCUT2D eigenvalue weighted by atomic mass is 9.97. The van der Waals surface area contributed by atoms with Gasteiger partial charge in [0.05, 0.1) is 6.10 Å². The predicted molar refractivity (Wildman–Crippen MR) is 136 cm³/mol. The number of para-hydroxylation sites is 1. The zero-order chi connectivity index (χ0) is 27.4. The number of nitrogen functional groups attached to an aromatic ring is 1. The van der Waals surface area contributed by atoms with Crippen molar-refractivity contribution in [1.29, 1.82) is 0 Å². The number of hydrogen-bond donors (Lipinski definition) is 4. The van der Waals surface area contributed by atoms with E-state index in [1.807, 2.05) is 0 Å². The zero-order valence-corrected chi connectivity index (χ0v) is 22.1. The average Bonchev–Trinajstić information content (AvgIpc) is 3.08. The van der Waals surface area contributed by atoms with Gasteiger partial charge in [-0.2, -0.15) is 5.09 Å². The average molecular weight is 553 g/mol. The lowest BCUT2D eigenvalue weighted by molar-refractivity contribution is -0.149. The van der Waals surface area contributed by atoms with Crippen LogP contribution >= 0.6 is 20.0 Å². The molecule has 0 bridgehead atoms. The molecule has 12 nitrogen and oxygen atoms in total. The Morgan fingerprint density at radius 2 is 2.03 bits per heavy atom. The molecule has 1 aliphatic rings.